The van der Waals surface area contributed by atoms with Crippen LogP contribution in [0.5, 0.6) is 0 Å². The van der Waals surface area contributed by atoms with Crippen LogP contribution in [0.15, 0.2) is 65.6 Å². The molecule has 0 aliphatic carbocycles. The molecule has 0 aliphatic rings. The number of halogens is 1. The summed E-state index contributed by atoms with van der Waals surface area (Å²) in [7, 11) is -3.75. The van der Waals surface area contributed by atoms with Crippen LogP contribution in [0.3, 0.4) is 0 Å². The first-order valence-corrected chi connectivity index (χ1v) is 12.2. The second-order valence-corrected chi connectivity index (χ2v) is 10.3. The quantitative estimate of drug-likeness (QED) is 0.321. The van der Waals surface area contributed by atoms with E-state index >= 15 is 0 Å². The Morgan fingerprint density at radius 1 is 1.00 bits per heavy atom. The van der Waals surface area contributed by atoms with Crippen LogP contribution in [0.4, 0.5) is 21.3 Å². The zero-order chi connectivity index (χ0) is 22.9. The molecule has 2 amide bonds. The molecule has 0 fully saturated rings. The minimum absolute atomic E-state index is 0.165. The van der Waals surface area contributed by atoms with E-state index in [1.807, 2.05) is 13.8 Å². The molecule has 3 aromatic carbocycles. The van der Waals surface area contributed by atoms with Gasteiger partial charge in [0.05, 0.1) is 25.8 Å². The van der Waals surface area contributed by atoms with Crippen molar-refractivity contribution in [3.63, 3.8) is 0 Å². The number of sulfonamides is 1. The normalized spacial score (nSPS) is 11.3. The molecular weight excluding hydrogens is 468 g/mol. The summed E-state index contributed by atoms with van der Waals surface area (Å²) in [5.74, 6) is 0. The van der Waals surface area contributed by atoms with Crippen LogP contribution in [-0.2, 0) is 10.0 Å². The standard InChI is InChI=1S/C22H19ClN4O3S2/c1-13-7-9-16(10-8-13)32(29,30)27-22-26-20-14(2)11-15(12-19(20)31-22)24-21(28)25-18-6-4-3-5-17(18)23/h3-12H,1-2H3,(H,26,27)(H2,24,25,28). The van der Waals surface area contributed by atoms with Gasteiger partial charge < -0.3 is 10.6 Å². The third-order valence-corrected chi connectivity index (χ3v) is 7.35. The summed E-state index contributed by atoms with van der Waals surface area (Å²) in [6, 6.07) is 16.6. The van der Waals surface area contributed by atoms with Gasteiger partial charge in [0.25, 0.3) is 10.0 Å². The highest BCUT2D eigenvalue weighted by atomic mass is 35.5. The maximum atomic E-state index is 12.7. The van der Waals surface area contributed by atoms with E-state index in [0.29, 0.717) is 21.9 Å². The molecule has 0 saturated heterocycles. The van der Waals surface area contributed by atoms with E-state index in [4.69, 9.17) is 11.6 Å². The van der Waals surface area contributed by atoms with Crippen LogP contribution in [0, 0.1) is 13.8 Å². The SMILES string of the molecule is Cc1ccc(S(=O)(=O)Nc2nc3c(C)cc(NC(=O)Nc4ccccc4Cl)cc3s2)cc1. The molecule has 10 heteroatoms. The number of thiazole rings is 1. The fourth-order valence-corrected chi connectivity index (χ4v) is 5.45. The van der Waals surface area contributed by atoms with Gasteiger partial charge in [0, 0.05) is 5.69 Å². The highest BCUT2D eigenvalue weighted by Gasteiger charge is 2.17. The minimum atomic E-state index is -3.75. The van der Waals surface area contributed by atoms with Gasteiger partial charge in [-0.3, -0.25) is 4.72 Å². The molecule has 4 aromatic rings. The zero-order valence-corrected chi connectivity index (χ0v) is 19.5. The number of nitrogens with zero attached hydrogens (tertiary/aromatic N) is 1. The van der Waals surface area contributed by atoms with Gasteiger partial charge in [-0.25, -0.2) is 18.2 Å². The second-order valence-electron chi connectivity index (χ2n) is 7.14. The van der Waals surface area contributed by atoms with Crippen molar-refractivity contribution < 1.29 is 13.2 Å². The molecule has 0 saturated carbocycles. The molecule has 0 unspecified atom stereocenters. The van der Waals surface area contributed by atoms with E-state index < -0.39 is 16.1 Å². The van der Waals surface area contributed by atoms with E-state index in [9.17, 15) is 13.2 Å². The smallest absolute Gasteiger partial charge is 0.308 e. The minimum Gasteiger partial charge on any atom is -0.308 e. The molecule has 4 rings (SSSR count). The van der Waals surface area contributed by atoms with E-state index in [-0.39, 0.29) is 10.0 Å². The van der Waals surface area contributed by atoms with Crippen LogP contribution in [0.25, 0.3) is 10.2 Å². The largest absolute Gasteiger partial charge is 0.323 e. The Hall–Kier alpha value is -3.14. The number of hydrogen-bond donors (Lipinski definition) is 3. The van der Waals surface area contributed by atoms with Crippen molar-refractivity contribution >= 4 is 65.7 Å². The summed E-state index contributed by atoms with van der Waals surface area (Å²) >= 11 is 7.27. The van der Waals surface area contributed by atoms with Crippen molar-refractivity contribution in [3.05, 3.63) is 76.8 Å². The Morgan fingerprint density at radius 3 is 2.44 bits per heavy atom. The molecule has 0 radical (unpaired) electrons. The fraction of sp³-hybridized carbons (Fsp3) is 0.0909. The van der Waals surface area contributed by atoms with Crippen LogP contribution < -0.4 is 15.4 Å². The Bertz CT molecular complexity index is 1420. The number of hydrogen-bond acceptors (Lipinski definition) is 5. The number of nitrogens with one attached hydrogen (secondary N) is 3. The third kappa shape index (κ3) is 4.85. The van der Waals surface area contributed by atoms with Gasteiger partial charge in [-0.1, -0.05) is 52.8 Å². The van der Waals surface area contributed by atoms with Gasteiger partial charge in [0.15, 0.2) is 5.13 Å². The van der Waals surface area contributed by atoms with Crippen molar-refractivity contribution in [2.45, 2.75) is 18.7 Å². The summed E-state index contributed by atoms with van der Waals surface area (Å²) < 4.78 is 28.6. The van der Waals surface area contributed by atoms with Crippen molar-refractivity contribution in [3.8, 4) is 0 Å². The molecule has 164 valence electrons. The Labute approximate surface area is 194 Å². The second kappa shape index (κ2) is 8.78. The molecule has 1 aromatic heterocycles. The van der Waals surface area contributed by atoms with Crippen molar-refractivity contribution in [1.82, 2.24) is 4.98 Å². The topological polar surface area (TPSA) is 100 Å². The molecule has 32 heavy (non-hydrogen) atoms. The molecule has 3 N–H and O–H groups in total. The van der Waals surface area contributed by atoms with E-state index in [0.717, 1.165) is 15.8 Å². The predicted octanol–water partition coefficient (Wildman–Crippen LogP) is 6.01. The average Bonchev–Trinajstić information content (AvgIpc) is 3.12. The van der Waals surface area contributed by atoms with Crippen LogP contribution >= 0.6 is 22.9 Å². The first-order valence-electron chi connectivity index (χ1n) is 9.54. The highest BCUT2D eigenvalue weighted by molar-refractivity contribution is 7.93. The number of aryl methyl sites for hydroxylation is 2. The van der Waals surface area contributed by atoms with E-state index in [1.165, 1.54) is 11.3 Å². The number of para-hydroxylation sites is 1. The summed E-state index contributed by atoms with van der Waals surface area (Å²) in [6.45, 7) is 3.73. The van der Waals surface area contributed by atoms with Crippen LogP contribution in [0.1, 0.15) is 11.1 Å². The highest BCUT2D eigenvalue weighted by Crippen LogP contribution is 2.32. The van der Waals surface area contributed by atoms with Gasteiger partial charge in [-0.15, -0.1) is 0 Å². The number of rotatable bonds is 5. The van der Waals surface area contributed by atoms with Gasteiger partial charge in [0.1, 0.15) is 0 Å². The molecule has 0 atom stereocenters. The number of fused-ring (bicyclic) bond motifs is 1. The van der Waals surface area contributed by atoms with Gasteiger partial charge >= 0.3 is 6.03 Å². The van der Waals surface area contributed by atoms with Gasteiger partial charge in [-0.2, -0.15) is 0 Å². The molecule has 0 aliphatic heterocycles. The maximum absolute atomic E-state index is 12.7. The van der Waals surface area contributed by atoms with Gasteiger partial charge in [-0.05, 0) is 55.8 Å². The summed E-state index contributed by atoms with van der Waals surface area (Å²) in [5, 5.41) is 6.15. The Morgan fingerprint density at radius 2 is 1.72 bits per heavy atom. The summed E-state index contributed by atoms with van der Waals surface area (Å²) in [5.41, 5.74) is 3.48. The van der Waals surface area contributed by atoms with Crippen molar-refractivity contribution in [2.24, 2.45) is 0 Å². The number of anilines is 3. The van der Waals surface area contributed by atoms with Gasteiger partial charge in [0.2, 0.25) is 0 Å². The summed E-state index contributed by atoms with van der Waals surface area (Å²) in [4.78, 5) is 17.0. The molecule has 0 bridgehead atoms. The number of benzene rings is 3. The first kappa shape index (κ1) is 22.1. The average molecular weight is 487 g/mol. The number of carbonyl (C=O) groups excluding carboxylic acids is 1. The zero-order valence-electron chi connectivity index (χ0n) is 17.1. The lowest BCUT2D eigenvalue weighted by molar-refractivity contribution is 0.262. The number of carbonyl (C=O) groups is 1. The first-order chi connectivity index (χ1) is 15.2. The van der Waals surface area contributed by atoms with Crippen molar-refractivity contribution in [1.29, 1.82) is 0 Å². The van der Waals surface area contributed by atoms with Crippen LogP contribution in [0.2, 0.25) is 5.02 Å². The Balaban J connectivity index is 1.55. The molecule has 1 heterocycles. The van der Waals surface area contributed by atoms with E-state index in [1.54, 1.807) is 60.7 Å². The van der Waals surface area contributed by atoms with E-state index in [2.05, 4.69) is 20.3 Å². The lowest BCUT2D eigenvalue weighted by Crippen LogP contribution is -2.19. The number of urea groups is 1. The molecule has 7 nitrogen and oxygen atoms in total. The Kier molecular flexibility index (Phi) is 6.05. The summed E-state index contributed by atoms with van der Waals surface area (Å²) in [6.07, 6.45) is 0. The fourth-order valence-electron chi connectivity index (χ4n) is 3.05. The lowest BCUT2D eigenvalue weighted by atomic mass is 10.2. The maximum Gasteiger partial charge on any atom is 0.323 e. The number of aromatic nitrogens is 1. The van der Waals surface area contributed by atoms with Crippen LogP contribution in [-0.4, -0.2) is 19.4 Å². The molecule has 0 spiro atoms. The molecular formula is C22H19ClN4O3S2. The number of amides is 2. The third-order valence-electron chi connectivity index (χ3n) is 4.62. The monoisotopic (exact) mass is 486 g/mol. The lowest BCUT2D eigenvalue weighted by Gasteiger charge is -2.09. The van der Waals surface area contributed by atoms with Crippen molar-refractivity contribution in [2.75, 3.05) is 15.4 Å². The predicted molar refractivity (Wildman–Crippen MR) is 130 cm³/mol.